The summed E-state index contributed by atoms with van der Waals surface area (Å²) in [5, 5.41) is 2.56. The zero-order chi connectivity index (χ0) is 39.5. The second kappa shape index (κ2) is 11.7. The van der Waals surface area contributed by atoms with E-state index in [1.165, 1.54) is 111 Å². The molecular weight excluding hydrogens is 711 g/mol. The lowest BCUT2D eigenvalue weighted by Crippen LogP contribution is -2.73. The van der Waals surface area contributed by atoms with Gasteiger partial charge in [-0.25, -0.2) is 0 Å². The lowest BCUT2D eigenvalue weighted by atomic mass is 9.27. The van der Waals surface area contributed by atoms with Crippen molar-refractivity contribution in [1.29, 1.82) is 0 Å². The molecule has 6 unspecified atom stereocenters. The Kier molecular flexibility index (Phi) is 6.81. The Labute approximate surface area is 350 Å². The van der Waals surface area contributed by atoms with Crippen LogP contribution in [0.5, 0.6) is 0 Å². The van der Waals surface area contributed by atoms with Crippen LogP contribution in [0.15, 0.2) is 152 Å². The van der Waals surface area contributed by atoms with Gasteiger partial charge in [-0.3, -0.25) is 0 Å². The summed E-state index contributed by atoms with van der Waals surface area (Å²) >= 11 is 0. The van der Waals surface area contributed by atoms with Gasteiger partial charge in [0.1, 0.15) is 0 Å². The summed E-state index contributed by atoms with van der Waals surface area (Å²) in [6.07, 6.45) is 8.24. The largest absolute Gasteiger partial charge is 0.309 e. The minimum Gasteiger partial charge on any atom is -0.309 e. The standard InChI is InChI=1S/C58H53N/c1-55(2)28-29-56(3,4)49-33-41(24-27-47(49)55)44-14-8-10-18-50(44)59(43-25-22-38(23-26-43)40-21-20-37-12-5-6-13-39(37)32-40)51-19-11-17-48-54(51)45-15-7-9-16-46(45)58(48)52-31-36-30-42-34-53(58)57(42,52)35-36/h5-27,32-33,36,42,52-53H,28-31,34-35H2,1-4H3. The highest BCUT2D eigenvalue weighted by atomic mass is 15.1. The Hall–Kier alpha value is -5.40. The molecule has 13 rings (SSSR count). The van der Waals surface area contributed by atoms with E-state index >= 15 is 0 Å². The summed E-state index contributed by atoms with van der Waals surface area (Å²) in [7, 11) is 0. The van der Waals surface area contributed by atoms with Crippen LogP contribution in [0.3, 0.4) is 0 Å². The lowest BCUT2D eigenvalue weighted by molar-refractivity contribution is -0.231. The van der Waals surface area contributed by atoms with Gasteiger partial charge in [0.2, 0.25) is 0 Å². The molecule has 6 atom stereocenters. The molecule has 2 spiro atoms. The first-order chi connectivity index (χ1) is 28.7. The molecule has 6 aliphatic rings. The number of fused-ring (bicyclic) bond motifs is 10. The van der Waals surface area contributed by atoms with Crippen molar-refractivity contribution in [2.45, 2.75) is 82.5 Å². The van der Waals surface area contributed by atoms with Gasteiger partial charge in [-0.15, -0.1) is 0 Å². The fraction of sp³-hybridized carbons (Fsp3) is 0.310. The van der Waals surface area contributed by atoms with Crippen molar-refractivity contribution in [3.63, 3.8) is 0 Å². The fourth-order valence-corrected chi connectivity index (χ4v) is 14.8. The van der Waals surface area contributed by atoms with Crippen molar-refractivity contribution in [2.24, 2.45) is 29.1 Å². The van der Waals surface area contributed by atoms with Gasteiger partial charge in [-0.1, -0.05) is 149 Å². The predicted molar refractivity (Wildman–Crippen MR) is 246 cm³/mol. The molecule has 0 radical (unpaired) electrons. The van der Waals surface area contributed by atoms with Crippen LogP contribution in [0.2, 0.25) is 0 Å². The van der Waals surface area contributed by atoms with Crippen LogP contribution in [-0.2, 0) is 16.2 Å². The zero-order valence-corrected chi connectivity index (χ0v) is 34.9. The summed E-state index contributed by atoms with van der Waals surface area (Å²) in [5.74, 6) is 3.46. The van der Waals surface area contributed by atoms with Gasteiger partial charge in [0.05, 0.1) is 11.4 Å². The monoisotopic (exact) mass is 763 g/mol. The summed E-state index contributed by atoms with van der Waals surface area (Å²) in [6, 6.07) is 58.6. The van der Waals surface area contributed by atoms with E-state index < -0.39 is 0 Å². The van der Waals surface area contributed by atoms with Gasteiger partial charge in [0.25, 0.3) is 0 Å². The SMILES string of the molecule is CC1(C)CCC(C)(C)c2cc(-c3ccccc3N(c3ccc(-c4ccc5ccccc5c4)cc3)c3cccc4c3-c3ccccc3C43C4CC5CC6CC3C64C5)ccc21. The summed E-state index contributed by atoms with van der Waals surface area (Å²) < 4.78 is 0. The van der Waals surface area contributed by atoms with E-state index in [2.05, 4.69) is 184 Å². The lowest BCUT2D eigenvalue weighted by Gasteiger charge is -2.76. The fourth-order valence-electron chi connectivity index (χ4n) is 14.8. The van der Waals surface area contributed by atoms with Crippen LogP contribution < -0.4 is 4.90 Å². The average Bonchev–Trinajstić information content (AvgIpc) is 3.90. The highest BCUT2D eigenvalue weighted by molar-refractivity contribution is 5.99. The highest BCUT2D eigenvalue weighted by Gasteiger charge is 2.84. The maximum Gasteiger partial charge on any atom is 0.0543 e. The predicted octanol–water partition coefficient (Wildman–Crippen LogP) is 15.3. The van der Waals surface area contributed by atoms with E-state index in [1.54, 1.807) is 11.1 Å². The Morgan fingerprint density at radius 3 is 1.97 bits per heavy atom. The number of hydrogen-bond donors (Lipinski definition) is 0. The molecule has 0 N–H and O–H groups in total. The van der Waals surface area contributed by atoms with Crippen LogP contribution in [0.1, 0.15) is 88.5 Å². The number of rotatable bonds is 5. The van der Waals surface area contributed by atoms with Crippen molar-refractivity contribution in [3.8, 4) is 33.4 Å². The van der Waals surface area contributed by atoms with Crippen LogP contribution in [0, 0.1) is 29.1 Å². The van der Waals surface area contributed by atoms with Crippen molar-refractivity contribution < 1.29 is 0 Å². The van der Waals surface area contributed by atoms with Crippen LogP contribution >= 0.6 is 0 Å². The molecule has 290 valence electrons. The third-order valence-electron chi connectivity index (χ3n) is 17.4. The molecule has 4 fully saturated rings. The van der Waals surface area contributed by atoms with Crippen molar-refractivity contribution in [2.75, 3.05) is 4.90 Å². The number of para-hydroxylation sites is 1. The molecule has 1 nitrogen and oxygen atoms in total. The zero-order valence-electron chi connectivity index (χ0n) is 34.9. The number of benzene rings is 7. The molecule has 0 heterocycles. The second-order valence-corrected chi connectivity index (χ2v) is 20.8. The normalized spacial score (nSPS) is 28.0. The van der Waals surface area contributed by atoms with E-state index in [4.69, 9.17) is 0 Å². The van der Waals surface area contributed by atoms with Gasteiger partial charge in [-0.2, -0.15) is 0 Å². The third-order valence-corrected chi connectivity index (χ3v) is 17.4. The van der Waals surface area contributed by atoms with Crippen molar-refractivity contribution in [1.82, 2.24) is 0 Å². The number of nitrogens with zero attached hydrogens (tertiary/aromatic N) is 1. The molecule has 6 aliphatic carbocycles. The quantitative estimate of drug-likeness (QED) is 0.169. The van der Waals surface area contributed by atoms with E-state index in [0.717, 1.165) is 23.7 Å². The Balaban J connectivity index is 1.02. The van der Waals surface area contributed by atoms with Gasteiger partial charge in [0.15, 0.2) is 0 Å². The molecule has 1 heteroatoms. The maximum atomic E-state index is 2.63. The first kappa shape index (κ1) is 34.5. The molecule has 2 bridgehead atoms. The molecule has 0 amide bonds. The number of hydrogen-bond acceptors (Lipinski definition) is 1. The van der Waals surface area contributed by atoms with Crippen LogP contribution in [0.4, 0.5) is 17.1 Å². The minimum atomic E-state index is 0.132. The Bertz CT molecular complexity index is 2890. The van der Waals surface area contributed by atoms with Gasteiger partial charge >= 0.3 is 0 Å². The molecule has 7 aromatic carbocycles. The molecule has 59 heavy (non-hydrogen) atoms. The molecule has 0 saturated heterocycles. The topological polar surface area (TPSA) is 3.24 Å². The van der Waals surface area contributed by atoms with E-state index in [-0.39, 0.29) is 16.2 Å². The van der Waals surface area contributed by atoms with Gasteiger partial charge in [0, 0.05) is 22.2 Å². The highest BCUT2D eigenvalue weighted by Crippen LogP contribution is 2.89. The van der Waals surface area contributed by atoms with Crippen molar-refractivity contribution >= 4 is 27.8 Å². The van der Waals surface area contributed by atoms with Gasteiger partial charge in [-0.05, 0) is 164 Å². The van der Waals surface area contributed by atoms with Crippen molar-refractivity contribution in [3.05, 3.63) is 174 Å². The summed E-state index contributed by atoms with van der Waals surface area (Å²) in [6.45, 7) is 9.77. The van der Waals surface area contributed by atoms with Gasteiger partial charge < -0.3 is 4.90 Å². The summed E-state index contributed by atoms with van der Waals surface area (Å²) in [4.78, 5) is 2.63. The van der Waals surface area contributed by atoms with Crippen LogP contribution in [0.25, 0.3) is 44.2 Å². The average molecular weight is 764 g/mol. The first-order valence-corrected chi connectivity index (χ1v) is 22.6. The Morgan fingerprint density at radius 2 is 1.14 bits per heavy atom. The molecular formula is C58H53N. The minimum absolute atomic E-state index is 0.132. The maximum absolute atomic E-state index is 2.63. The Morgan fingerprint density at radius 1 is 0.475 bits per heavy atom. The third kappa shape index (κ3) is 4.37. The van der Waals surface area contributed by atoms with E-state index in [1.807, 2.05) is 0 Å². The second-order valence-electron chi connectivity index (χ2n) is 20.8. The molecule has 0 aromatic heterocycles. The molecule has 7 aromatic rings. The smallest absolute Gasteiger partial charge is 0.0543 e. The van der Waals surface area contributed by atoms with Crippen LogP contribution in [-0.4, -0.2) is 0 Å². The molecule has 4 saturated carbocycles. The summed E-state index contributed by atoms with van der Waals surface area (Å²) in [5.41, 5.74) is 19.0. The number of anilines is 3. The van der Waals surface area contributed by atoms with E-state index in [9.17, 15) is 0 Å². The molecule has 0 aliphatic heterocycles. The van der Waals surface area contributed by atoms with E-state index in [0.29, 0.717) is 5.41 Å². The first-order valence-electron chi connectivity index (χ1n) is 22.6.